The number of aliphatic hydroxyl groups is 3. The van der Waals surface area contributed by atoms with E-state index in [4.69, 9.17) is 10.5 Å². The number of aliphatic hydroxyl groups excluding tert-OH is 3. The van der Waals surface area contributed by atoms with Crippen molar-refractivity contribution in [3.05, 3.63) is 36.2 Å². The summed E-state index contributed by atoms with van der Waals surface area (Å²) in [5, 5.41) is 28.7. The largest absolute Gasteiger partial charge is 0.394 e. The third kappa shape index (κ3) is 2.71. The zero-order valence-corrected chi connectivity index (χ0v) is 13.9. The normalized spacial score (nSPS) is 23.0. The third-order valence-electron chi connectivity index (χ3n) is 4.57. The molecule has 1 aromatic carbocycles. The molecule has 5 N–H and O–H groups in total. The average Bonchev–Trinajstić information content (AvgIpc) is 3.23. The number of nitrogens with zero attached hydrogens (tertiary/aromatic N) is 4. The first-order chi connectivity index (χ1) is 12.6. The Bertz CT molecular complexity index is 927. The topological polar surface area (TPSA) is 140 Å². The van der Waals surface area contributed by atoms with Gasteiger partial charge in [0.2, 0.25) is 0 Å². The maximum Gasteiger partial charge on any atom is 0.168 e. The van der Waals surface area contributed by atoms with E-state index in [1.165, 1.54) is 6.33 Å². The molecule has 0 spiro atoms. The summed E-state index contributed by atoms with van der Waals surface area (Å²) in [4.78, 5) is 12.9. The zero-order chi connectivity index (χ0) is 18.3. The van der Waals surface area contributed by atoms with Gasteiger partial charge in [-0.1, -0.05) is 24.3 Å². The fraction of sp³-hybridized carbons (Fsp3) is 0.353. The van der Waals surface area contributed by atoms with E-state index >= 15 is 0 Å². The van der Waals surface area contributed by atoms with Gasteiger partial charge in [0, 0.05) is 12.0 Å². The lowest BCUT2D eigenvalue weighted by Gasteiger charge is -2.17. The van der Waals surface area contributed by atoms with Crippen LogP contribution in [0.5, 0.6) is 0 Å². The SMILES string of the molecule is Nc1ncnc2c1nc(-c1ccc(CO)cc1)n2[C@H]1C[C@H](O)[C@@H](CO)O1. The van der Waals surface area contributed by atoms with Gasteiger partial charge in [-0.05, 0) is 5.56 Å². The van der Waals surface area contributed by atoms with Crippen molar-refractivity contribution in [2.45, 2.75) is 31.5 Å². The summed E-state index contributed by atoms with van der Waals surface area (Å²) in [6, 6.07) is 7.27. The number of benzene rings is 1. The number of fused-ring (bicyclic) bond motifs is 1. The van der Waals surface area contributed by atoms with Crippen LogP contribution in [0.2, 0.25) is 0 Å². The van der Waals surface area contributed by atoms with E-state index in [-0.39, 0.29) is 19.0 Å². The summed E-state index contributed by atoms with van der Waals surface area (Å²) in [7, 11) is 0. The van der Waals surface area contributed by atoms with Crippen LogP contribution in [0.4, 0.5) is 5.82 Å². The molecule has 4 rings (SSSR count). The number of imidazole rings is 1. The number of hydrogen-bond acceptors (Lipinski definition) is 8. The van der Waals surface area contributed by atoms with Crippen molar-refractivity contribution in [1.82, 2.24) is 19.5 Å². The van der Waals surface area contributed by atoms with Gasteiger partial charge < -0.3 is 25.8 Å². The van der Waals surface area contributed by atoms with Gasteiger partial charge in [-0.15, -0.1) is 0 Å². The Labute approximate surface area is 148 Å². The highest BCUT2D eigenvalue weighted by atomic mass is 16.5. The van der Waals surface area contributed by atoms with E-state index in [1.54, 1.807) is 16.7 Å². The lowest BCUT2D eigenvalue weighted by Crippen LogP contribution is -2.24. The maximum atomic E-state index is 10.1. The van der Waals surface area contributed by atoms with Crippen molar-refractivity contribution in [3.63, 3.8) is 0 Å². The molecule has 0 amide bonds. The minimum absolute atomic E-state index is 0.0504. The molecule has 0 radical (unpaired) electrons. The van der Waals surface area contributed by atoms with E-state index in [0.29, 0.717) is 23.4 Å². The van der Waals surface area contributed by atoms with Gasteiger partial charge in [0.1, 0.15) is 24.5 Å². The molecule has 9 heteroatoms. The van der Waals surface area contributed by atoms with Crippen molar-refractivity contribution in [3.8, 4) is 11.4 Å². The van der Waals surface area contributed by atoms with Gasteiger partial charge in [0.15, 0.2) is 17.0 Å². The van der Waals surface area contributed by atoms with Crippen molar-refractivity contribution in [1.29, 1.82) is 0 Å². The molecule has 3 atom stereocenters. The lowest BCUT2D eigenvalue weighted by atomic mass is 10.1. The van der Waals surface area contributed by atoms with Gasteiger partial charge in [-0.25, -0.2) is 15.0 Å². The van der Waals surface area contributed by atoms with Gasteiger partial charge in [0.25, 0.3) is 0 Å². The number of aromatic nitrogens is 4. The Balaban J connectivity index is 1.87. The maximum absolute atomic E-state index is 10.1. The van der Waals surface area contributed by atoms with E-state index in [0.717, 1.165) is 11.1 Å². The first-order valence-electron chi connectivity index (χ1n) is 8.25. The van der Waals surface area contributed by atoms with Crippen LogP contribution in [0.3, 0.4) is 0 Å². The fourth-order valence-corrected chi connectivity index (χ4v) is 3.20. The molecule has 0 saturated carbocycles. The summed E-state index contributed by atoms with van der Waals surface area (Å²) in [6.45, 7) is -0.326. The van der Waals surface area contributed by atoms with Gasteiger partial charge >= 0.3 is 0 Å². The number of hydrogen-bond donors (Lipinski definition) is 4. The second-order valence-electron chi connectivity index (χ2n) is 6.21. The molecule has 1 aliphatic rings. The molecule has 0 bridgehead atoms. The van der Waals surface area contributed by atoms with Gasteiger partial charge in [0.05, 0.1) is 19.3 Å². The van der Waals surface area contributed by atoms with Crippen molar-refractivity contribution in [2.75, 3.05) is 12.3 Å². The number of nitrogen functional groups attached to an aromatic ring is 1. The Morgan fingerprint density at radius 1 is 1.19 bits per heavy atom. The molecule has 26 heavy (non-hydrogen) atoms. The van der Waals surface area contributed by atoms with Gasteiger partial charge in [-0.3, -0.25) is 4.57 Å². The molecular weight excluding hydrogens is 338 g/mol. The fourth-order valence-electron chi connectivity index (χ4n) is 3.20. The lowest BCUT2D eigenvalue weighted by molar-refractivity contribution is -0.0426. The van der Waals surface area contributed by atoms with Crippen molar-refractivity contribution < 1.29 is 20.1 Å². The summed E-state index contributed by atoms with van der Waals surface area (Å²) >= 11 is 0. The average molecular weight is 357 g/mol. The Morgan fingerprint density at radius 3 is 2.62 bits per heavy atom. The summed E-state index contributed by atoms with van der Waals surface area (Å²) in [5.74, 6) is 0.812. The number of ether oxygens (including phenoxy) is 1. The molecule has 9 nitrogen and oxygen atoms in total. The minimum atomic E-state index is -0.786. The van der Waals surface area contributed by atoms with Crippen LogP contribution in [-0.2, 0) is 11.3 Å². The summed E-state index contributed by atoms with van der Waals surface area (Å²) in [5.41, 5.74) is 8.45. The summed E-state index contributed by atoms with van der Waals surface area (Å²) in [6.07, 6.45) is -0.354. The first kappa shape index (κ1) is 16.9. The second kappa shape index (κ2) is 6.61. The van der Waals surface area contributed by atoms with E-state index in [9.17, 15) is 15.3 Å². The number of anilines is 1. The first-order valence-corrected chi connectivity index (χ1v) is 8.25. The standard InChI is InChI=1S/C17H19N5O4/c18-15-14-17(20-8-19-15)22(13-5-11(25)12(7-24)26-13)16(21-14)10-3-1-9(6-23)2-4-10/h1-4,8,11-13,23-25H,5-7H2,(H2,18,19,20)/t11-,12+,13+/m0/s1. The quantitative estimate of drug-likeness (QED) is 0.519. The van der Waals surface area contributed by atoms with Crippen LogP contribution in [0.15, 0.2) is 30.6 Å². The van der Waals surface area contributed by atoms with Crippen molar-refractivity contribution >= 4 is 17.0 Å². The van der Waals surface area contributed by atoms with E-state index in [2.05, 4.69) is 15.0 Å². The van der Waals surface area contributed by atoms with Gasteiger partial charge in [-0.2, -0.15) is 0 Å². The molecule has 0 aliphatic carbocycles. The van der Waals surface area contributed by atoms with Crippen molar-refractivity contribution in [2.24, 2.45) is 0 Å². The Morgan fingerprint density at radius 2 is 1.96 bits per heavy atom. The highest BCUT2D eigenvalue weighted by molar-refractivity contribution is 5.85. The Hall–Kier alpha value is -2.59. The zero-order valence-electron chi connectivity index (χ0n) is 13.9. The minimum Gasteiger partial charge on any atom is -0.394 e. The second-order valence-corrected chi connectivity index (χ2v) is 6.21. The van der Waals surface area contributed by atoms with Crippen LogP contribution in [0, 0.1) is 0 Å². The van der Waals surface area contributed by atoms with E-state index < -0.39 is 18.4 Å². The smallest absolute Gasteiger partial charge is 0.168 e. The molecule has 2 aromatic heterocycles. The van der Waals surface area contributed by atoms with Crippen LogP contribution < -0.4 is 5.73 Å². The molecular formula is C17H19N5O4. The van der Waals surface area contributed by atoms with Crippen LogP contribution in [0.1, 0.15) is 18.2 Å². The van der Waals surface area contributed by atoms with Crippen LogP contribution >= 0.6 is 0 Å². The number of rotatable bonds is 4. The van der Waals surface area contributed by atoms with Crippen LogP contribution in [0.25, 0.3) is 22.6 Å². The third-order valence-corrected chi connectivity index (χ3v) is 4.57. The summed E-state index contributed by atoms with van der Waals surface area (Å²) < 4.78 is 7.57. The molecule has 136 valence electrons. The monoisotopic (exact) mass is 357 g/mol. The molecule has 3 heterocycles. The highest BCUT2D eigenvalue weighted by Crippen LogP contribution is 2.36. The Kier molecular flexibility index (Phi) is 4.29. The molecule has 0 unspecified atom stereocenters. The molecule has 1 aliphatic heterocycles. The molecule has 3 aromatic rings. The predicted octanol–water partition coefficient (Wildman–Crippen LogP) is 0.208. The predicted molar refractivity (Wildman–Crippen MR) is 92.7 cm³/mol. The van der Waals surface area contributed by atoms with Crippen LogP contribution in [-0.4, -0.2) is 53.7 Å². The molecule has 1 fully saturated rings. The number of nitrogens with two attached hydrogens (primary N) is 1. The highest BCUT2D eigenvalue weighted by Gasteiger charge is 2.37. The molecule has 1 saturated heterocycles. The van der Waals surface area contributed by atoms with E-state index in [1.807, 2.05) is 12.1 Å².